The maximum atomic E-state index is 5.68. The highest BCUT2D eigenvalue weighted by Gasteiger charge is 2.25. The van der Waals surface area contributed by atoms with Gasteiger partial charge in [-0.2, -0.15) is 0 Å². The molecule has 1 aliphatic carbocycles. The number of nitrogens with one attached hydrogen (secondary N) is 1. The normalized spacial score (nSPS) is 27.7. The minimum atomic E-state index is 0.495. The van der Waals surface area contributed by atoms with Crippen molar-refractivity contribution in [3.63, 3.8) is 0 Å². The molecule has 0 spiro atoms. The van der Waals surface area contributed by atoms with Crippen LogP contribution in [0.25, 0.3) is 0 Å². The Hall–Kier alpha value is -0.340. The quantitative estimate of drug-likeness (QED) is 0.412. The molecule has 1 atom stereocenters. The van der Waals surface area contributed by atoms with Gasteiger partial charge in [0.2, 0.25) is 0 Å². The van der Waals surface area contributed by atoms with Gasteiger partial charge in [-0.05, 0) is 44.4 Å². The third kappa shape index (κ3) is 4.26. The maximum Gasteiger partial charge on any atom is 0.0241 e. The summed E-state index contributed by atoms with van der Waals surface area (Å²) in [6, 6.07) is 0.495. The summed E-state index contributed by atoms with van der Waals surface area (Å²) in [5.74, 6) is 7.43. The Balaban J connectivity index is 2.33. The Morgan fingerprint density at radius 3 is 2.44 bits per heavy atom. The van der Waals surface area contributed by atoms with Crippen LogP contribution in [0.2, 0.25) is 0 Å². The van der Waals surface area contributed by atoms with Gasteiger partial charge in [0.15, 0.2) is 0 Å². The van der Waals surface area contributed by atoms with Gasteiger partial charge < -0.3 is 0 Å². The SMILES string of the molecule is C=C(C)CCC(NN)C1CCC(CC)CC1. The van der Waals surface area contributed by atoms with E-state index in [1.165, 1.54) is 37.7 Å². The number of hydrogen-bond acceptors (Lipinski definition) is 2. The van der Waals surface area contributed by atoms with Crippen LogP contribution in [0.5, 0.6) is 0 Å². The van der Waals surface area contributed by atoms with E-state index in [0.29, 0.717) is 6.04 Å². The van der Waals surface area contributed by atoms with Crippen molar-refractivity contribution in [3.8, 4) is 0 Å². The van der Waals surface area contributed by atoms with E-state index in [4.69, 9.17) is 5.84 Å². The van der Waals surface area contributed by atoms with Crippen LogP contribution in [-0.2, 0) is 0 Å². The molecule has 3 N–H and O–H groups in total. The molecule has 0 amide bonds. The monoisotopic (exact) mass is 224 g/mol. The number of allylic oxidation sites excluding steroid dienone is 1. The first-order valence-electron chi connectivity index (χ1n) is 6.77. The Bertz CT molecular complexity index is 205. The fraction of sp³-hybridized carbons (Fsp3) is 0.857. The zero-order chi connectivity index (χ0) is 12.0. The van der Waals surface area contributed by atoms with E-state index in [1.54, 1.807) is 0 Å². The minimum absolute atomic E-state index is 0.495. The molecule has 0 aromatic carbocycles. The molecular weight excluding hydrogens is 196 g/mol. The number of rotatable bonds is 6. The summed E-state index contributed by atoms with van der Waals surface area (Å²) in [7, 11) is 0. The van der Waals surface area contributed by atoms with Crippen molar-refractivity contribution in [1.29, 1.82) is 0 Å². The molecule has 0 aromatic heterocycles. The van der Waals surface area contributed by atoms with Crippen molar-refractivity contribution in [3.05, 3.63) is 12.2 Å². The second-order valence-corrected chi connectivity index (χ2v) is 5.46. The standard InChI is InChI=1S/C14H28N2/c1-4-12-6-8-13(9-7-12)14(16-15)10-5-11(2)3/h12-14,16H,2,4-10,15H2,1,3H3. The lowest BCUT2D eigenvalue weighted by atomic mass is 9.76. The summed E-state index contributed by atoms with van der Waals surface area (Å²) in [6.45, 7) is 8.37. The number of hydrazine groups is 1. The molecule has 0 aromatic rings. The van der Waals surface area contributed by atoms with Gasteiger partial charge in [0.25, 0.3) is 0 Å². The largest absolute Gasteiger partial charge is 0.271 e. The van der Waals surface area contributed by atoms with E-state index in [9.17, 15) is 0 Å². The zero-order valence-electron chi connectivity index (χ0n) is 11.0. The fourth-order valence-electron chi connectivity index (χ4n) is 2.86. The van der Waals surface area contributed by atoms with E-state index in [1.807, 2.05) is 0 Å². The second-order valence-electron chi connectivity index (χ2n) is 5.46. The van der Waals surface area contributed by atoms with Gasteiger partial charge in [0.05, 0.1) is 0 Å². The first-order chi connectivity index (χ1) is 7.67. The molecular formula is C14H28N2. The lowest BCUT2D eigenvalue weighted by Crippen LogP contribution is -2.42. The highest BCUT2D eigenvalue weighted by atomic mass is 15.2. The van der Waals surface area contributed by atoms with Crippen LogP contribution in [-0.4, -0.2) is 6.04 Å². The molecule has 2 heteroatoms. The summed E-state index contributed by atoms with van der Waals surface area (Å²) in [5, 5.41) is 0. The summed E-state index contributed by atoms with van der Waals surface area (Å²) in [5.41, 5.74) is 4.29. The molecule has 16 heavy (non-hydrogen) atoms. The lowest BCUT2D eigenvalue weighted by molar-refractivity contribution is 0.212. The molecule has 0 radical (unpaired) electrons. The van der Waals surface area contributed by atoms with Crippen molar-refractivity contribution in [2.75, 3.05) is 0 Å². The second kappa shape index (κ2) is 7.08. The predicted molar refractivity (Wildman–Crippen MR) is 70.9 cm³/mol. The molecule has 1 fully saturated rings. The Morgan fingerprint density at radius 2 is 2.00 bits per heavy atom. The van der Waals surface area contributed by atoms with E-state index < -0.39 is 0 Å². The first-order valence-corrected chi connectivity index (χ1v) is 6.77. The van der Waals surface area contributed by atoms with Crippen LogP contribution in [0, 0.1) is 11.8 Å². The molecule has 1 rings (SSSR count). The van der Waals surface area contributed by atoms with Crippen LogP contribution >= 0.6 is 0 Å². The highest BCUT2D eigenvalue weighted by Crippen LogP contribution is 2.33. The maximum absolute atomic E-state index is 5.68. The van der Waals surface area contributed by atoms with E-state index in [0.717, 1.165) is 24.7 Å². The Morgan fingerprint density at radius 1 is 1.38 bits per heavy atom. The van der Waals surface area contributed by atoms with E-state index in [2.05, 4.69) is 25.9 Å². The smallest absolute Gasteiger partial charge is 0.0241 e. The molecule has 1 aliphatic rings. The van der Waals surface area contributed by atoms with Crippen molar-refractivity contribution in [1.82, 2.24) is 5.43 Å². The summed E-state index contributed by atoms with van der Waals surface area (Å²) in [4.78, 5) is 0. The zero-order valence-corrected chi connectivity index (χ0v) is 11.0. The summed E-state index contributed by atoms with van der Waals surface area (Å²) < 4.78 is 0. The van der Waals surface area contributed by atoms with Crippen LogP contribution in [0.3, 0.4) is 0 Å². The molecule has 0 bridgehead atoms. The van der Waals surface area contributed by atoms with Gasteiger partial charge in [0.1, 0.15) is 0 Å². The average molecular weight is 224 g/mol. The van der Waals surface area contributed by atoms with Gasteiger partial charge >= 0.3 is 0 Å². The first kappa shape index (κ1) is 13.7. The van der Waals surface area contributed by atoms with Gasteiger partial charge in [-0.25, -0.2) is 0 Å². The van der Waals surface area contributed by atoms with Crippen LogP contribution < -0.4 is 11.3 Å². The van der Waals surface area contributed by atoms with E-state index >= 15 is 0 Å². The van der Waals surface area contributed by atoms with Crippen LogP contribution in [0.4, 0.5) is 0 Å². The average Bonchev–Trinajstić information content (AvgIpc) is 2.30. The van der Waals surface area contributed by atoms with Gasteiger partial charge in [-0.15, -0.1) is 6.58 Å². The Kier molecular flexibility index (Phi) is 6.07. The van der Waals surface area contributed by atoms with Gasteiger partial charge in [-0.1, -0.05) is 31.8 Å². The molecule has 0 heterocycles. The minimum Gasteiger partial charge on any atom is -0.271 e. The Labute approximate surface area is 101 Å². The molecule has 0 saturated heterocycles. The van der Waals surface area contributed by atoms with Gasteiger partial charge in [0, 0.05) is 6.04 Å². The summed E-state index contributed by atoms with van der Waals surface area (Å²) >= 11 is 0. The summed E-state index contributed by atoms with van der Waals surface area (Å²) in [6.07, 6.45) is 9.08. The third-order valence-corrected chi connectivity index (χ3v) is 4.13. The van der Waals surface area contributed by atoms with Crippen molar-refractivity contribution in [2.45, 2.75) is 64.8 Å². The van der Waals surface area contributed by atoms with Crippen molar-refractivity contribution >= 4 is 0 Å². The predicted octanol–water partition coefficient (Wildman–Crippen LogP) is 3.39. The molecule has 0 aliphatic heterocycles. The van der Waals surface area contributed by atoms with Crippen LogP contribution in [0.15, 0.2) is 12.2 Å². The van der Waals surface area contributed by atoms with Crippen molar-refractivity contribution < 1.29 is 0 Å². The third-order valence-electron chi connectivity index (χ3n) is 4.13. The van der Waals surface area contributed by atoms with Gasteiger partial charge in [-0.3, -0.25) is 11.3 Å². The van der Waals surface area contributed by atoms with Crippen molar-refractivity contribution in [2.24, 2.45) is 17.7 Å². The number of nitrogens with two attached hydrogens (primary N) is 1. The van der Waals surface area contributed by atoms with E-state index in [-0.39, 0.29) is 0 Å². The number of hydrogen-bond donors (Lipinski definition) is 2. The molecule has 1 unspecified atom stereocenters. The molecule has 94 valence electrons. The highest BCUT2D eigenvalue weighted by molar-refractivity contribution is 4.91. The molecule has 2 nitrogen and oxygen atoms in total. The topological polar surface area (TPSA) is 38.0 Å². The molecule has 1 saturated carbocycles. The lowest BCUT2D eigenvalue weighted by Gasteiger charge is -2.33. The van der Waals surface area contributed by atoms with Crippen LogP contribution in [0.1, 0.15) is 58.8 Å². The fourth-order valence-corrected chi connectivity index (χ4v) is 2.86.